The molecule has 0 aliphatic carbocycles. The minimum absolute atomic E-state index is 0.0398. The Kier molecular flexibility index (Phi) is 6.02. The van der Waals surface area contributed by atoms with Gasteiger partial charge in [-0.05, 0) is 39.0 Å². The number of rotatable bonds is 3. The van der Waals surface area contributed by atoms with Crippen LogP contribution in [0.25, 0.3) is 0 Å². The summed E-state index contributed by atoms with van der Waals surface area (Å²) in [4.78, 5) is 42.8. The van der Waals surface area contributed by atoms with E-state index in [4.69, 9.17) is 9.47 Å². The molecule has 2 fully saturated rings. The van der Waals surface area contributed by atoms with E-state index in [0.717, 1.165) is 10.6 Å². The fourth-order valence-electron chi connectivity index (χ4n) is 3.79. The first-order valence-corrected chi connectivity index (χ1v) is 11.4. The summed E-state index contributed by atoms with van der Waals surface area (Å²) in [6.45, 7) is 9.21. The molecule has 1 atom stereocenters. The Morgan fingerprint density at radius 2 is 1.97 bits per heavy atom. The number of benzene rings is 1. The number of hydrogen-bond acceptors (Lipinski definition) is 7. The summed E-state index contributed by atoms with van der Waals surface area (Å²) in [6, 6.07) is 5.63. The van der Waals surface area contributed by atoms with E-state index in [0.29, 0.717) is 50.7 Å². The SMILES string of the molecule is CC(C)(C)OC(=O)N1CCN(C[C@@H]2CN(c3ccc4c(c3)NC(=O)CS4)C(=O)O2)CC1. The van der Waals surface area contributed by atoms with Gasteiger partial charge in [-0.3, -0.25) is 14.6 Å². The van der Waals surface area contributed by atoms with Gasteiger partial charge in [-0.15, -0.1) is 11.8 Å². The number of fused-ring (bicyclic) bond motifs is 1. The molecular weight excluding hydrogens is 420 g/mol. The van der Waals surface area contributed by atoms with E-state index in [2.05, 4.69) is 10.2 Å². The smallest absolute Gasteiger partial charge is 0.414 e. The normalized spacial score (nSPS) is 22.1. The Bertz CT molecular complexity index is 879. The van der Waals surface area contributed by atoms with Crippen LogP contribution >= 0.6 is 11.8 Å². The lowest BCUT2D eigenvalue weighted by atomic mass is 10.2. The summed E-state index contributed by atoms with van der Waals surface area (Å²) in [6.07, 6.45) is -0.920. The first kappa shape index (κ1) is 21.8. The molecule has 0 aromatic heterocycles. The van der Waals surface area contributed by atoms with Gasteiger partial charge in [0.2, 0.25) is 5.91 Å². The van der Waals surface area contributed by atoms with E-state index in [1.54, 1.807) is 9.80 Å². The average Bonchev–Trinajstić information content (AvgIpc) is 3.06. The molecule has 3 aliphatic rings. The molecule has 1 N–H and O–H groups in total. The van der Waals surface area contributed by atoms with E-state index in [9.17, 15) is 14.4 Å². The quantitative estimate of drug-likeness (QED) is 0.760. The second-order valence-corrected chi connectivity index (χ2v) is 9.92. The van der Waals surface area contributed by atoms with Gasteiger partial charge < -0.3 is 19.7 Å². The number of amides is 3. The third kappa shape index (κ3) is 5.24. The van der Waals surface area contributed by atoms with Gasteiger partial charge in [0.1, 0.15) is 11.7 Å². The molecule has 3 amide bonds. The van der Waals surface area contributed by atoms with Crippen LogP contribution in [0.3, 0.4) is 0 Å². The Morgan fingerprint density at radius 3 is 2.68 bits per heavy atom. The Hall–Kier alpha value is -2.46. The highest BCUT2D eigenvalue weighted by Gasteiger charge is 2.35. The number of anilines is 2. The summed E-state index contributed by atoms with van der Waals surface area (Å²) in [5.74, 6) is 0.364. The zero-order valence-electron chi connectivity index (χ0n) is 18.1. The van der Waals surface area contributed by atoms with Gasteiger partial charge in [-0.25, -0.2) is 9.59 Å². The largest absolute Gasteiger partial charge is 0.444 e. The van der Waals surface area contributed by atoms with Crippen molar-refractivity contribution in [3.8, 4) is 0 Å². The lowest BCUT2D eigenvalue weighted by Gasteiger charge is -2.36. The fraction of sp³-hybridized carbons (Fsp3) is 0.571. The molecule has 0 radical (unpaired) electrons. The maximum Gasteiger partial charge on any atom is 0.414 e. The highest BCUT2D eigenvalue weighted by atomic mass is 32.2. The molecule has 168 valence electrons. The van der Waals surface area contributed by atoms with Crippen LogP contribution in [0.5, 0.6) is 0 Å². The third-order valence-corrected chi connectivity index (χ3v) is 6.34. The van der Waals surface area contributed by atoms with E-state index in [-0.39, 0.29) is 24.2 Å². The average molecular weight is 449 g/mol. The van der Waals surface area contributed by atoms with Crippen molar-refractivity contribution >= 4 is 41.2 Å². The molecule has 31 heavy (non-hydrogen) atoms. The van der Waals surface area contributed by atoms with Crippen LogP contribution in [-0.2, 0) is 14.3 Å². The number of piperazine rings is 1. The van der Waals surface area contributed by atoms with Crippen LogP contribution in [0.1, 0.15) is 20.8 Å². The van der Waals surface area contributed by atoms with E-state index < -0.39 is 5.60 Å². The lowest BCUT2D eigenvalue weighted by molar-refractivity contribution is -0.113. The van der Waals surface area contributed by atoms with E-state index in [1.807, 2.05) is 39.0 Å². The van der Waals surface area contributed by atoms with Crippen molar-refractivity contribution in [1.29, 1.82) is 0 Å². The number of cyclic esters (lactones) is 1. The zero-order chi connectivity index (χ0) is 22.2. The van der Waals surface area contributed by atoms with Crippen LogP contribution < -0.4 is 10.2 Å². The third-order valence-electron chi connectivity index (χ3n) is 5.27. The number of nitrogens with zero attached hydrogens (tertiary/aromatic N) is 3. The Morgan fingerprint density at radius 1 is 1.23 bits per heavy atom. The minimum Gasteiger partial charge on any atom is -0.444 e. The highest BCUT2D eigenvalue weighted by molar-refractivity contribution is 8.00. The van der Waals surface area contributed by atoms with Gasteiger partial charge >= 0.3 is 12.2 Å². The molecule has 0 unspecified atom stereocenters. The van der Waals surface area contributed by atoms with E-state index >= 15 is 0 Å². The molecule has 10 heteroatoms. The molecule has 2 saturated heterocycles. The van der Waals surface area contributed by atoms with Crippen molar-refractivity contribution < 1.29 is 23.9 Å². The first-order valence-electron chi connectivity index (χ1n) is 10.4. The summed E-state index contributed by atoms with van der Waals surface area (Å²) in [7, 11) is 0. The summed E-state index contributed by atoms with van der Waals surface area (Å²) in [5.41, 5.74) is 0.936. The Labute approximate surface area is 186 Å². The van der Waals surface area contributed by atoms with Crippen molar-refractivity contribution in [3.63, 3.8) is 0 Å². The van der Waals surface area contributed by atoms with Crippen LogP contribution in [0, 0.1) is 0 Å². The van der Waals surface area contributed by atoms with Gasteiger partial charge in [0.05, 0.1) is 18.0 Å². The number of hydrogen-bond donors (Lipinski definition) is 1. The summed E-state index contributed by atoms with van der Waals surface area (Å²) >= 11 is 1.49. The predicted molar refractivity (Wildman–Crippen MR) is 118 cm³/mol. The van der Waals surface area contributed by atoms with Gasteiger partial charge in [0, 0.05) is 43.3 Å². The second kappa shape index (κ2) is 8.58. The molecule has 1 aromatic carbocycles. The van der Waals surface area contributed by atoms with Gasteiger partial charge in [0.15, 0.2) is 0 Å². The maximum absolute atomic E-state index is 12.5. The van der Waals surface area contributed by atoms with E-state index in [1.165, 1.54) is 11.8 Å². The van der Waals surface area contributed by atoms with Crippen molar-refractivity contribution in [3.05, 3.63) is 18.2 Å². The number of thioether (sulfide) groups is 1. The Balaban J connectivity index is 1.30. The molecule has 3 heterocycles. The number of carbonyl (C=O) groups is 3. The fourth-order valence-corrected chi connectivity index (χ4v) is 4.58. The number of ether oxygens (including phenoxy) is 2. The maximum atomic E-state index is 12.5. The number of carbonyl (C=O) groups excluding carboxylic acids is 3. The molecular formula is C21H28N4O5S. The second-order valence-electron chi connectivity index (χ2n) is 8.90. The summed E-state index contributed by atoms with van der Waals surface area (Å²) < 4.78 is 11.0. The molecule has 0 spiro atoms. The van der Waals surface area contributed by atoms with Crippen molar-refractivity contribution in [2.24, 2.45) is 0 Å². The van der Waals surface area contributed by atoms with Crippen molar-refractivity contribution in [2.75, 3.05) is 55.2 Å². The lowest BCUT2D eigenvalue weighted by Crippen LogP contribution is -2.51. The molecule has 9 nitrogen and oxygen atoms in total. The molecule has 1 aromatic rings. The minimum atomic E-state index is -0.506. The molecule has 3 aliphatic heterocycles. The molecule has 0 saturated carbocycles. The summed E-state index contributed by atoms with van der Waals surface area (Å²) in [5, 5.41) is 2.85. The highest BCUT2D eigenvalue weighted by Crippen LogP contribution is 2.35. The number of nitrogens with one attached hydrogen (secondary N) is 1. The van der Waals surface area contributed by atoms with Crippen LogP contribution in [0.2, 0.25) is 0 Å². The first-order chi connectivity index (χ1) is 14.7. The van der Waals surface area contributed by atoms with Gasteiger partial charge in [-0.2, -0.15) is 0 Å². The van der Waals surface area contributed by atoms with Crippen molar-refractivity contribution in [1.82, 2.24) is 9.80 Å². The topological polar surface area (TPSA) is 91.4 Å². The van der Waals surface area contributed by atoms with Gasteiger partial charge in [-0.1, -0.05) is 0 Å². The zero-order valence-corrected chi connectivity index (χ0v) is 18.9. The standard InChI is InChI=1S/C21H28N4O5S/c1-21(2,3)30-19(27)24-8-6-23(7-9-24)11-15-12-25(20(28)29-15)14-4-5-17-16(10-14)22-18(26)13-31-17/h4-5,10,15H,6-9,11-13H2,1-3H3,(H,22,26)/t15-/m1/s1. The molecule has 4 rings (SSSR count). The van der Waals surface area contributed by atoms with Crippen LogP contribution in [0.15, 0.2) is 23.1 Å². The van der Waals surface area contributed by atoms with Crippen LogP contribution in [0.4, 0.5) is 21.0 Å². The molecule has 0 bridgehead atoms. The van der Waals surface area contributed by atoms with Crippen LogP contribution in [-0.4, -0.2) is 84.6 Å². The monoisotopic (exact) mass is 448 g/mol. The van der Waals surface area contributed by atoms with Crippen molar-refractivity contribution in [2.45, 2.75) is 37.4 Å². The van der Waals surface area contributed by atoms with Gasteiger partial charge in [0.25, 0.3) is 0 Å². The predicted octanol–water partition coefficient (Wildman–Crippen LogP) is 2.61.